The molecule has 0 aliphatic carbocycles. The summed E-state index contributed by atoms with van der Waals surface area (Å²) in [5, 5.41) is 1.10. The van der Waals surface area contributed by atoms with Crippen LogP contribution in [0.3, 0.4) is 0 Å². The standard InChI is InChI=1S/C30H31F2N3O2/c1-2-3-16-35(30(37)23-7-6-8-26(32)18-23)21-29(36)34(20-22-11-13-25(31)14-12-22)17-15-24-19-33-28-10-5-4-9-27(24)28/h4-14,18-19,33H,2-3,15-17,20-21H2,1H3. The highest BCUT2D eigenvalue weighted by molar-refractivity contribution is 5.96. The van der Waals surface area contributed by atoms with Crippen LogP contribution in [-0.4, -0.2) is 46.2 Å². The predicted octanol–water partition coefficient (Wildman–Crippen LogP) is 5.96. The molecule has 0 aliphatic rings. The zero-order chi connectivity index (χ0) is 26.2. The third-order valence-corrected chi connectivity index (χ3v) is 6.43. The van der Waals surface area contributed by atoms with Crippen molar-refractivity contribution in [1.82, 2.24) is 14.8 Å². The second-order valence-corrected chi connectivity index (χ2v) is 9.14. The van der Waals surface area contributed by atoms with Crippen molar-refractivity contribution in [1.29, 1.82) is 0 Å². The Morgan fingerprint density at radius 3 is 2.41 bits per heavy atom. The number of carbonyl (C=O) groups excluding carboxylic acids is 2. The van der Waals surface area contributed by atoms with Crippen LogP contribution < -0.4 is 0 Å². The van der Waals surface area contributed by atoms with E-state index in [1.807, 2.05) is 37.4 Å². The highest BCUT2D eigenvalue weighted by Gasteiger charge is 2.23. The fraction of sp³-hybridized carbons (Fsp3) is 0.267. The highest BCUT2D eigenvalue weighted by atomic mass is 19.1. The summed E-state index contributed by atoms with van der Waals surface area (Å²) in [6.07, 6.45) is 4.14. The number of halogens is 2. The van der Waals surface area contributed by atoms with Gasteiger partial charge in [-0.1, -0.05) is 49.7 Å². The van der Waals surface area contributed by atoms with E-state index in [1.165, 1.54) is 35.2 Å². The third kappa shape index (κ3) is 6.82. The van der Waals surface area contributed by atoms with Crippen molar-refractivity contribution in [3.8, 4) is 0 Å². The van der Waals surface area contributed by atoms with Gasteiger partial charge in [0.15, 0.2) is 0 Å². The van der Waals surface area contributed by atoms with E-state index < -0.39 is 5.82 Å². The Labute approximate surface area is 215 Å². The average molecular weight is 504 g/mol. The van der Waals surface area contributed by atoms with Gasteiger partial charge in [-0.05, 0) is 60.4 Å². The maximum absolute atomic E-state index is 13.8. The van der Waals surface area contributed by atoms with Crippen LogP contribution >= 0.6 is 0 Å². The van der Waals surface area contributed by atoms with E-state index in [4.69, 9.17) is 0 Å². The number of nitrogens with one attached hydrogen (secondary N) is 1. The summed E-state index contributed by atoms with van der Waals surface area (Å²) in [5.74, 6) is -1.43. The summed E-state index contributed by atoms with van der Waals surface area (Å²) < 4.78 is 27.3. The minimum atomic E-state index is -0.496. The van der Waals surface area contributed by atoms with Crippen molar-refractivity contribution >= 4 is 22.7 Å². The molecule has 1 N–H and O–H groups in total. The summed E-state index contributed by atoms with van der Waals surface area (Å²) >= 11 is 0. The summed E-state index contributed by atoms with van der Waals surface area (Å²) in [4.78, 5) is 33.2. The minimum Gasteiger partial charge on any atom is -0.361 e. The Bertz CT molecular complexity index is 1350. The van der Waals surface area contributed by atoms with E-state index in [-0.39, 0.29) is 36.3 Å². The van der Waals surface area contributed by atoms with Crippen molar-refractivity contribution in [2.45, 2.75) is 32.7 Å². The van der Waals surface area contributed by atoms with E-state index in [9.17, 15) is 18.4 Å². The molecule has 192 valence electrons. The van der Waals surface area contributed by atoms with Crippen molar-refractivity contribution in [2.24, 2.45) is 0 Å². The number of H-pyrrole nitrogens is 1. The minimum absolute atomic E-state index is 0.121. The predicted molar refractivity (Wildman–Crippen MR) is 141 cm³/mol. The molecular formula is C30H31F2N3O2. The van der Waals surface area contributed by atoms with Crippen molar-refractivity contribution in [3.63, 3.8) is 0 Å². The molecule has 0 radical (unpaired) electrons. The molecule has 0 aliphatic heterocycles. The number of benzene rings is 3. The molecule has 7 heteroatoms. The Morgan fingerprint density at radius 2 is 1.65 bits per heavy atom. The van der Waals surface area contributed by atoms with E-state index in [2.05, 4.69) is 4.98 Å². The van der Waals surface area contributed by atoms with Gasteiger partial charge in [0.05, 0.1) is 0 Å². The molecule has 4 rings (SSSR count). The van der Waals surface area contributed by atoms with Crippen LogP contribution in [0.4, 0.5) is 8.78 Å². The number of aromatic amines is 1. The Balaban J connectivity index is 1.54. The van der Waals surface area contributed by atoms with Crippen LogP contribution in [-0.2, 0) is 17.8 Å². The number of rotatable bonds is 11. The van der Waals surface area contributed by atoms with Crippen molar-refractivity contribution in [2.75, 3.05) is 19.6 Å². The van der Waals surface area contributed by atoms with Crippen molar-refractivity contribution < 1.29 is 18.4 Å². The number of fused-ring (bicyclic) bond motifs is 1. The van der Waals surface area contributed by atoms with Gasteiger partial charge in [-0.3, -0.25) is 9.59 Å². The molecule has 2 amide bonds. The van der Waals surface area contributed by atoms with Gasteiger partial charge in [-0.2, -0.15) is 0 Å². The fourth-order valence-electron chi connectivity index (χ4n) is 4.36. The van der Waals surface area contributed by atoms with E-state index in [1.54, 1.807) is 23.1 Å². The summed E-state index contributed by atoms with van der Waals surface area (Å²) in [5.41, 5.74) is 3.13. The molecule has 0 atom stereocenters. The molecule has 0 bridgehead atoms. The molecule has 0 unspecified atom stereocenters. The van der Waals surface area contributed by atoms with Gasteiger partial charge >= 0.3 is 0 Å². The number of para-hydroxylation sites is 1. The molecule has 0 saturated heterocycles. The molecule has 0 saturated carbocycles. The first kappa shape index (κ1) is 26.1. The number of amides is 2. The fourth-order valence-corrected chi connectivity index (χ4v) is 4.36. The van der Waals surface area contributed by atoms with E-state index >= 15 is 0 Å². The second-order valence-electron chi connectivity index (χ2n) is 9.14. The molecule has 1 aromatic heterocycles. The lowest BCUT2D eigenvalue weighted by Crippen LogP contribution is -2.43. The van der Waals surface area contributed by atoms with Gasteiger partial charge in [-0.25, -0.2) is 8.78 Å². The normalized spacial score (nSPS) is 11.0. The molecule has 0 spiro atoms. The smallest absolute Gasteiger partial charge is 0.254 e. The molecule has 37 heavy (non-hydrogen) atoms. The summed E-state index contributed by atoms with van der Waals surface area (Å²) in [6, 6.07) is 19.6. The number of hydrogen-bond donors (Lipinski definition) is 1. The maximum Gasteiger partial charge on any atom is 0.254 e. The zero-order valence-corrected chi connectivity index (χ0v) is 20.9. The Morgan fingerprint density at radius 1 is 0.865 bits per heavy atom. The van der Waals surface area contributed by atoms with Crippen LogP contribution in [0.5, 0.6) is 0 Å². The number of hydrogen-bond acceptors (Lipinski definition) is 2. The summed E-state index contributed by atoms with van der Waals surface area (Å²) in [7, 11) is 0. The third-order valence-electron chi connectivity index (χ3n) is 6.43. The van der Waals surface area contributed by atoms with Crippen LogP contribution in [0.1, 0.15) is 41.3 Å². The monoisotopic (exact) mass is 503 g/mol. The molecule has 3 aromatic carbocycles. The van der Waals surface area contributed by atoms with Crippen LogP contribution in [0.15, 0.2) is 79.0 Å². The average Bonchev–Trinajstić information content (AvgIpc) is 3.32. The van der Waals surface area contributed by atoms with E-state index in [0.717, 1.165) is 34.9 Å². The largest absolute Gasteiger partial charge is 0.361 e. The first-order valence-electron chi connectivity index (χ1n) is 12.6. The van der Waals surface area contributed by atoms with Crippen LogP contribution in [0.25, 0.3) is 10.9 Å². The van der Waals surface area contributed by atoms with Crippen molar-refractivity contribution in [3.05, 3.63) is 107 Å². The number of carbonyl (C=O) groups is 2. The number of nitrogens with zero attached hydrogens (tertiary/aromatic N) is 2. The first-order chi connectivity index (χ1) is 17.9. The molecule has 0 fully saturated rings. The summed E-state index contributed by atoms with van der Waals surface area (Å²) in [6.45, 7) is 2.99. The topological polar surface area (TPSA) is 56.4 Å². The quantitative estimate of drug-likeness (QED) is 0.275. The molecule has 4 aromatic rings. The zero-order valence-electron chi connectivity index (χ0n) is 20.9. The van der Waals surface area contributed by atoms with E-state index in [0.29, 0.717) is 19.5 Å². The molecular weight excluding hydrogens is 472 g/mol. The van der Waals surface area contributed by atoms with Crippen LogP contribution in [0.2, 0.25) is 0 Å². The van der Waals surface area contributed by atoms with Gasteiger partial charge in [0.1, 0.15) is 18.2 Å². The second kappa shape index (κ2) is 12.3. The SMILES string of the molecule is CCCCN(CC(=O)N(CCc1c[nH]c2ccccc12)Cc1ccc(F)cc1)C(=O)c1cccc(F)c1. The van der Waals surface area contributed by atoms with Gasteiger partial charge in [0.25, 0.3) is 5.91 Å². The van der Waals surface area contributed by atoms with Crippen LogP contribution in [0, 0.1) is 11.6 Å². The molecule has 5 nitrogen and oxygen atoms in total. The van der Waals surface area contributed by atoms with Gasteiger partial charge in [0, 0.05) is 42.3 Å². The lowest BCUT2D eigenvalue weighted by molar-refractivity contribution is -0.132. The van der Waals surface area contributed by atoms with Gasteiger partial charge in [-0.15, -0.1) is 0 Å². The lowest BCUT2D eigenvalue weighted by Gasteiger charge is -2.28. The first-order valence-corrected chi connectivity index (χ1v) is 12.6. The lowest BCUT2D eigenvalue weighted by atomic mass is 10.1. The van der Waals surface area contributed by atoms with Gasteiger partial charge < -0.3 is 14.8 Å². The highest BCUT2D eigenvalue weighted by Crippen LogP contribution is 2.19. The maximum atomic E-state index is 13.8. The Kier molecular flexibility index (Phi) is 8.67. The Hall–Kier alpha value is -4.00. The van der Waals surface area contributed by atoms with Gasteiger partial charge in [0.2, 0.25) is 5.91 Å². The number of aromatic nitrogens is 1. The number of unbranched alkanes of at least 4 members (excludes halogenated alkanes) is 1. The molecule has 1 heterocycles.